The Morgan fingerprint density at radius 1 is 0.130 bits per heavy atom. The quantitative estimate of drug-likeness (QED) is 0.135. The molecule has 6 aromatic heterocycles. The Hall–Kier alpha value is -18.6. The number of nitrogens with zero attached hydrogens (tertiary/aromatic N) is 9. The average Bonchev–Trinajstić information content (AvgIpc) is 1.54. The number of rotatable bonds is 9. The molecule has 0 aliphatic carbocycles. The molecular formula is C129H81N9. The molecule has 6 heterocycles. The van der Waals surface area contributed by atoms with Crippen molar-refractivity contribution in [2.75, 3.05) is 0 Å². The molecule has 0 N–H and O–H groups in total. The summed E-state index contributed by atoms with van der Waals surface area (Å²) in [5, 5.41) is 29.8. The highest BCUT2D eigenvalue weighted by atomic mass is 15.1. The summed E-state index contributed by atoms with van der Waals surface area (Å²) in [6, 6.07) is 177. The Morgan fingerprint density at radius 2 is 0.362 bits per heavy atom. The topological polar surface area (TPSA) is 68.2 Å². The van der Waals surface area contributed by atoms with Crippen LogP contribution in [0.4, 0.5) is 0 Å². The van der Waals surface area contributed by atoms with Crippen LogP contribution in [0.25, 0.3) is 264 Å². The molecule has 30 aromatic rings. The van der Waals surface area contributed by atoms with Crippen molar-refractivity contribution in [2.45, 2.75) is 0 Å². The van der Waals surface area contributed by atoms with Crippen LogP contribution in [-0.2, 0) is 0 Å². The molecule has 9 heteroatoms. The highest BCUT2D eigenvalue weighted by molar-refractivity contribution is 6.30. The van der Waals surface area contributed by atoms with E-state index in [1.54, 1.807) is 0 Å². The summed E-state index contributed by atoms with van der Waals surface area (Å²) in [7, 11) is 0. The van der Waals surface area contributed by atoms with E-state index in [-0.39, 0.29) is 0 Å². The lowest BCUT2D eigenvalue weighted by Gasteiger charge is -2.14. The maximum Gasteiger partial charge on any atom is 0.145 e. The summed E-state index contributed by atoms with van der Waals surface area (Å²) in [5.41, 5.74) is 23.6. The number of fused-ring (bicyclic) bond motifs is 30. The fraction of sp³-hybridized carbons (Fsp3) is 0. The number of benzene rings is 24. The van der Waals surface area contributed by atoms with Gasteiger partial charge in [-0.1, -0.05) is 364 Å². The van der Waals surface area contributed by atoms with E-state index in [0.717, 1.165) is 101 Å². The van der Waals surface area contributed by atoms with Gasteiger partial charge in [0.1, 0.15) is 17.5 Å². The van der Waals surface area contributed by atoms with Gasteiger partial charge >= 0.3 is 0 Å². The predicted octanol–water partition coefficient (Wildman–Crippen LogP) is 33.7. The second-order valence-electron chi connectivity index (χ2n) is 36.0. The zero-order chi connectivity index (χ0) is 90.6. The second kappa shape index (κ2) is 31.6. The Morgan fingerprint density at radius 3 is 0.710 bits per heavy atom. The number of imidazole rings is 3. The highest BCUT2D eigenvalue weighted by Crippen LogP contribution is 2.48. The zero-order valence-corrected chi connectivity index (χ0v) is 74.8. The van der Waals surface area contributed by atoms with Gasteiger partial charge in [0.2, 0.25) is 0 Å². The molecule has 0 radical (unpaired) electrons. The lowest BCUT2D eigenvalue weighted by molar-refractivity contribution is 1.11. The normalized spacial score (nSPS) is 11.9. The summed E-state index contributed by atoms with van der Waals surface area (Å²) in [6.45, 7) is 0. The molecule has 0 aliphatic rings. The fourth-order valence-electron chi connectivity index (χ4n) is 22.4. The zero-order valence-electron chi connectivity index (χ0n) is 74.8. The Kier molecular flexibility index (Phi) is 17.9. The lowest BCUT2D eigenvalue weighted by atomic mass is 9.99. The number of para-hydroxylation sites is 6. The van der Waals surface area contributed by atoms with Crippen LogP contribution in [0.15, 0.2) is 491 Å². The minimum absolute atomic E-state index is 0.939. The van der Waals surface area contributed by atoms with E-state index in [2.05, 4.69) is 519 Å². The van der Waals surface area contributed by atoms with E-state index in [0.29, 0.717) is 0 Å². The molecule has 0 fully saturated rings. The Balaban J connectivity index is 0.000000102. The predicted molar refractivity (Wildman–Crippen MR) is 580 cm³/mol. The minimum atomic E-state index is 0.939. The third-order valence-corrected chi connectivity index (χ3v) is 28.4. The van der Waals surface area contributed by atoms with Gasteiger partial charge in [0.15, 0.2) is 0 Å². The molecule has 0 saturated heterocycles. The molecule has 0 atom stereocenters. The van der Waals surface area contributed by atoms with E-state index in [1.165, 1.54) is 162 Å². The Labute approximate surface area is 792 Å². The van der Waals surface area contributed by atoms with Crippen molar-refractivity contribution in [1.82, 2.24) is 42.4 Å². The van der Waals surface area contributed by atoms with Gasteiger partial charge in [-0.05, 0) is 208 Å². The molecule has 642 valence electrons. The minimum Gasteiger partial charge on any atom is -0.309 e. The molecule has 0 spiro atoms. The van der Waals surface area contributed by atoms with Gasteiger partial charge in [-0.25, -0.2) is 15.0 Å². The van der Waals surface area contributed by atoms with Gasteiger partial charge in [0.05, 0.1) is 66.2 Å². The van der Waals surface area contributed by atoms with Crippen molar-refractivity contribution in [3.8, 4) is 68.3 Å². The molecule has 9 nitrogen and oxygen atoms in total. The molecule has 30 rings (SSSR count). The largest absolute Gasteiger partial charge is 0.309 e. The Bertz CT molecular complexity index is 10100. The maximum absolute atomic E-state index is 5.29. The van der Waals surface area contributed by atoms with Crippen LogP contribution in [0.3, 0.4) is 0 Å². The van der Waals surface area contributed by atoms with Crippen LogP contribution >= 0.6 is 0 Å². The van der Waals surface area contributed by atoms with Crippen molar-refractivity contribution in [3.05, 3.63) is 491 Å². The summed E-state index contributed by atoms with van der Waals surface area (Å²) >= 11 is 0. The van der Waals surface area contributed by atoms with Crippen molar-refractivity contribution in [3.63, 3.8) is 0 Å². The van der Waals surface area contributed by atoms with E-state index in [9.17, 15) is 0 Å². The van der Waals surface area contributed by atoms with Gasteiger partial charge in [-0.3, -0.25) is 13.7 Å². The molecule has 24 aromatic carbocycles. The van der Waals surface area contributed by atoms with E-state index < -0.39 is 0 Å². The van der Waals surface area contributed by atoms with E-state index in [1.807, 2.05) is 0 Å². The summed E-state index contributed by atoms with van der Waals surface area (Å²) in [4.78, 5) is 15.8. The van der Waals surface area contributed by atoms with Crippen LogP contribution in [0.1, 0.15) is 0 Å². The molecule has 0 unspecified atom stereocenters. The van der Waals surface area contributed by atoms with E-state index in [4.69, 9.17) is 15.0 Å². The average molecular weight is 1760 g/mol. The summed E-state index contributed by atoms with van der Waals surface area (Å²) < 4.78 is 14.3. The van der Waals surface area contributed by atoms with Crippen LogP contribution in [0, 0.1) is 0 Å². The van der Waals surface area contributed by atoms with Gasteiger partial charge in [-0.15, -0.1) is 0 Å². The maximum atomic E-state index is 5.29. The standard InChI is InChI=1S/C47H29N3.C43H27N3.C39H25N3/c1-3-13-34(14-4-1)47-48-40-26-22-33-20-19-32-21-25-36(29-39(32)43(33)46(40)50(47)35-15-5-2-6-16-35)49-41-27-23-30-11-7-9-17-37(30)44(41)45-38-18-10-8-12-31(38)24-28-42(45)49;1-3-12-31(13-4-1)43-44-37-25-22-30-20-19-29-21-24-33(27-36(29)40(30)42(37)46(43)32-14-5-2-6-15-32)45-38-18-10-9-17-35(38)41-34-16-8-7-11-28(34)23-26-39(41)45;1-3-11-28(12-4-1)39-40-34-24-22-27-20-19-26-21-23-30(25-33(26)37(27)38(34)42(39)29-13-5-2-6-14-29)41-35-17-9-7-15-31(35)32-16-8-10-18-36(32)41/h1-29H;1-27H;1-25H. The van der Waals surface area contributed by atoms with Crippen LogP contribution in [0.2, 0.25) is 0 Å². The molecular weight excluding hydrogens is 1680 g/mol. The highest BCUT2D eigenvalue weighted by Gasteiger charge is 2.27. The van der Waals surface area contributed by atoms with Gasteiger partial charge in [-0.2, -0.15) is 0 Å². The molecule has 0 aliphatic heterocycles. The summed E-state index contributed by atoms with van der Waals surface area (Å²) in [5.74, 6) is 2.82. The smallest absolute Gasteiger partial charge is 0.145 e. The first-order valence-electron chi connectivity index (χ1n) is 47.2. The van der Waals surface area contributed by atoms with Crippen molar-refractivity contribution < 1.29 is 0 Å². The van der Waals surface area contributed by atoms with Gasteiger partial charge in [0.25, 0.3) is 0 Å². The van der Waals surface area contributed by atoms with Crippen LogP contribution < -0.4 is 0 Å². The monoisotopic (exact) mass is 1760 g/mol. The second-order valence-corrected chi connectivity index (χ2v) is 36.0. The molecule has 138 heavy (non-hydrogen) atoms. The third-order valence-electron chi connectivity index (χ3n) is 28.4. The number of aromatic nitrogens is 9. The van der Waals surface area contributed by atoms with Crippen LogP contribution in [-0.4, -0.2) is 42.4 Å². The first-order valence-corrected chi connectivity index (χ1v) is 47.2. The van der Waals surface area contributed by atoms with Gasteiger partial charge in [0, 0.05) is 99.3 Å². The number of hydrogen-bond donors (Lipinski definition) is 0. The lowest BCUT2D eigenvalue weighted by Crippen LogP contribution is -1.98. The van der Waals surface area contributed by atoms with Crippen molar-refractivity contribution in [1.29, 1.82) is 0 Å². The third kappa shape index (κ3) is 12.3. The number of hydrogen-bond acceptors (Lipinski definition) is 3. The van der Waals surface area contributed by atoms with Crippen molar-refractivity contribution >= 4 is 195 Å². The molecule has 0 amide bonds. The van der Waals surface area contributed by atoms with Crippen molar-refractivity contribution in [2.24, 2.45) is 0 Å². The SMILES string of the molecule is c1ccc(-c2nc3ccc4ccc5ccc(-n6c7ccc8ccccc8c7c7c8ccccc8ccc76)cc5c4c3n2-c2ccccc2)cc1.c1ccc(-c2nc3ccc4ccc5ccc(-n6c7ccccc7c7c8ccccc8ccc76)cc5c4c3n2-c2ccccc2)cc1.c1ccc(-c2nc3ccc4ccc5ccc(-n6c7ccccc7c7ccccc76)cc5c4c3n2-c2ccccc2)cc1. The first-order chi connectivity index (χ1) is 68.5. The van der Waals surface area contributed by atoms with Crippen LogP contribution in [0.5, 0.6) is 0 Å². The summed E-state index contributed by atoms with van der Waals surface area (Å²) in [6.07, 6.45) is 0. The fourth-order valence-corrected chi connectivity index (χ4v) is 22.4. The first kappa shape index (κ1) is 78.1. The van der Waals surface area contributed by atoms with Gasteiger partial charge < -0.3 is 13.7 Å². The van der Waals surface area contributed by atoms with E-state index >= 15 is 0 Å². The molecule has 0 bridgehead atoms. The molecule has 0 saturated carbocycles.